The summed E-state index contributed by atoms with van der Waals surface area (Å²) in [6.07, 6.45) is 1.75. The van der Waals surface area contributed by atoms with Crippen LogP contribution < -0.4 is 20.1 Å². The van der Waals surface area contributed by atoms with Gasteiger partial charge in [-0.05, 0) is 13.3 Å². The van der Waals surface area contributed by atoms with E-state index in [9.17, 15) is 24.6 Å². The van der Waals surface area contributed by atoms with Gasteiger partial charge in [-0.3, -0.25) is 4.79 Å². The highest BCUT2D eigenvalue weighted by molar-refractivity contribution is 7.66. The maximum atomic E-state index is 11.5. The van der Waals surface area contributed by atoms with E-state index in [2.05, 4.69) is 18.8 Å². The van der Waals surface area contributed by atoms with Gasteiger partial charge in [0.15, 0.2) is 12.7 Å². The molecule has 2 heterocycles. The van der Waals surface area contributed by atoms with Gasteiger partial charge in [-0.25, -0.2) is 9.97 Å². The molecule has 14 nitrogen and oxygen atoms in total. The fraction of sp³-hybridized carbons (Fsp3) is 0.467. The highest BCUT2D eigenvalue weighted by Gasteiger charge is 2.43. The summed E-state index contributed by atoms with van der Waals surface area (Å²) in [5.41, 5.74) is 6.48. The van der Waals surface area contributed by atoms with Crippen LogP contribution in [-0.2, 0) is 26.6 Å². The largest absolute Gasteiger partial charge is 0.603 e. The van der Waals surface area contributed by atoms with E-state index >= 15 is 0 Å². The predicted molar refractivity (Wildman–Crippen MR) is 108 cm³/mol. The van der Waals surface area contributed by atoms with Crippen molar-refractivity contribution >= 4 is 39.5 Å². The number of carboxylic acid groups (broad SMARTS) is 1. The Morgan fingerprint density at radius 2 is 2.06 bits per heavy atom. The molecule has 7 N–H and O–H groups in total. The van der Waals surface area contributed by atoms with Crippen LogP contribution in [-0.4, -0.2) is 47.4 Å². The summed E-state index contributed by atoms with van der Waals surface area (Å²) in [5, 5.41) is 19.8. The topological polar surface area (TPSA) is 238 Å². The highest BCUT2D eigenvalue weighted by Crippen LogP contribution is 2.62. The Morgan fingerprint density at radius 3 is 2.66 bits per heavy atom. The van der Waals surface area contributed by atoms with Gasteiger partial charge in [-0.1, -0.05) is 11.3 Å². The fourth-order valence-corrected chi connectivity index (χ4v) is 5.28. The number of phosphoric ester groups is 1. The number of nitrogen functional groups attached to an aromatic ring is 1. The SMILES string of the molecule is Cc1ncc(C[n+]2cc(CCO[P+]([O-])(O)O[P+]([O-])(O)O)sc2C(O)CCC(=O)O)c(N)n1. The number of aryl methyl sites for hydroxylation is 1. The second-order valence-electron chi connectivity index (χ2n) is 6.56. The van der Waals surface area contributed by atoms with Crippen LogP contribution in [0.25, 0.3) is 0 Å². The van der Waals surface area contributed by atoms with Gasteiger partial charge in [0.1, 0.15) is 24.4 Å². The molecule has 0 spiro atoms. The molecule has 0 aromatic carbocycles. The zero-order valence-corrected chi connectivity index (χ0v) is 19.4. The predicted octanol–water partition coefficient (Wildman–Crippen LogP) is -1.71. The van der Waals surface area contributed by atoms with Gasteiger partial charge in [0.2, 0.25) is 0 Å². The summed E-state index contributed by atoms with van der Waals surface area (Å²) in [6.45, 7) is 1.42. The van der Waals surface area contributed by atoms with Crippen LogP contribution in [0.4, 0.5) is 5.82 Å². The smallest absolute Gasteiger partial charge is 0.434 e. The molecule has 0 saturated carbocycles. The standard InChI is InChI=1S/C15H22N4O10P2S/c1-9-17-6-10(14(16)18-9)7-19-8-11(32-15(19)12(20)2-3-13(21)22)4-5-28-31(26,27)29-30(23,24)25/h6,8,12,20H,2-5,7H2,1H3,(H5-,16,17,18,21,22,23,24,25,26,27)/p+1. The Morgan fingerprint density at radius 1 is 1.38 bits per heavy atom. The average molecular weight is 513 g/mol. The molecule has 2 unspecified atom stereocenters. The minimum Gasteiger partial charge on any atom is -0.603 e. The van der Waals surface area contributed by atoms with Gasteiger partial charge < -0.3 is 25.7 Å². The molecular formula is C15H23N4O10P2S+. The van der Waals surface area contributed by atoms with E-state index in [1.807, 2.05) is 0 Å². The fourth-order valence-electron chi connectivity index (χ4n) is 2.58. The van der Waals surface area contributed by atoms with E-state index in [1.165, 1.54) is 6.20 Å². The Labute approximate surface area is 187 Å². The van der Waals surface area contributed by atoms with Crippen molar-refractivity contribution in [3.05, 3.63) is 33.7 Å². The number of carboxylic acids is 1. The molecule has 2 rings (SSSR count). The molecule has 0 fully saturated rings. The first-order valence-electron chi connectivity index (χ1n) is 9.00. The number of rotatable bonds is 12. The molecule has 0 aliphatic rings. The third-order valence-electron chi connectivity index (χ3n) is 3.91. The molecule has 32 heavy (non-hydrogen) atoms. The van der Waals surface area contributed by atoms with Gasteiger partial charge in [0.25, 0.3) is 5.01 Å². The second-order valence-corrected chi connectivity index (χ2v) is 10.5. The molecule has 0 saturated heterocycles. The van der Waals surface area contributed by atoms with Crippen molar-refractivity contribution in [2.75, 3.05) is 12.3 Å². The second kappa shape index (κ2) is 11.1. The van der Waals surface area contributed by atoms with E-state index in [4.69, 9.17) is 20.6 Å². The number of carbonyl (C=O) groups is 1. The Balaban J connectivity index is 2.17. The number of hydrogen-bond acceptors (Lipinski definition) is 13. The Bertz CT molecular complexity index is 939. The number of nitrogens with two attached hydrogens (primary N) is 1. The quantitative estimate of drug-likeness (QED) is 0.137. The minimum atomic E-state index is -5.22. The number of anilines is 1. The molecular weight excluding hydrogens is 490 g/mol. The molecule has 17 heteroatoms. The van der Waals surface area contributed by atoms with Crippen LogP contribution in [0.2, 0.25) is 0 Å². The summed E-state index contributed by atoms with van der Waals surface area (Å²) in [4.78, 5) is 68.4. The molecule has 2 aromatic heterocycles. The molecule has 0 radical (unpaired) electrons. The van der Waals surface area contributed by atoms with Crippen LogP contribution in [0.3, 0.4) is 0 Å². The normalized spacial score (nSPS) is 14.8. The average Bonchev–Trinajstić information content (AvgIpc) is 3.02. The zero-order chi connectivity index (χ0) is 24.1. The van der Waals surface area contributed by atoms with Crippen molar-refractivity contribution in [1.82, 2.24) is 9.97 Å². The van der Waals surface area contributed by atoms with E-state index in [-0.39, 0.29) is 31.6 Å². The minimum absolute atomic E-state index is 0.0330. The molecule has 2 aromatic rings. The van der Waals surface area contributed by atoms with Crippen LogP contribution in [0, 0.1) is 6.92 Å². The van der Waals surface area contributed by atoms with Gasteiger partial charge in [-0.2, -0.15) is 23.8 Å². The summed E-state index contributed by atoms with van der Waals surface area (Å²) < 4.78 is 9.91. The van der Waals surface area contributed by atoms with Crippen molar-refractivity contribution in [2.45, 2.75) is 38.8 Å². The van der Waals surface area contributed by atoms with Crippen molar-refractivity contribution in [3.63, 3.8) is 0 Å². The third-order valence-corrected chi connectivity index (χ3v) is 7.38. The van der Waals surface area contributed by atoms with E-state index in [0.717, 1.165) is 11.3 Å². The summed E-state index contributed by atoms with van der Waals surface area (Å²) >= 11 is 1.10. The van der Waals surface area contributed by atoms with E-state index < -0.39 is 35.0 Å². The van der Waals surface area contributed by atoms with E-state index in [0.29, 0.717) is 21.3 Å². The molecule has 0 bridgehead atoms. The van der Waals surface area contributed by atoms with Crippen molar-refractivity contribution in [2.24, 2.45) is 0 Å². The number of aliphatic hydroxyl groups excluding tert-OH is 1. The molecule has 0 amide bonds. The zero-order valence-electron chi connectivity index (χ0n) is 16.8. The number of aromatic nitrogens is 3. The van der Waals surface area contributed by atoms with Crippen LogP contribution in [0.15, 0.2) is 12.4 Å². The van der Waals surface area contributed by atoms with Gasteiger partial charge in [-0.15, -0.1) is 0 Å². The van der Waals surface area contributed by atoms with E-state index in [1.54, 1.807) is 17.7 Å². The number of hydrogen-bond donors (Lipinski definition) is 6. The summed E-state index contributed by atoms with van der Waals surface area (Å²) in [6, 6.07) is 0. The first kappa shape index (κ1) is 26.8. The summed E-state index contributed by atoms with van der Waals surface area (Å²) in [5.74, 6) is -0.351. The van der Waals surface area contributed by atoms with Gasteiger partial charge >= 0.3 is 22.3 Å². The monoisotopic (exact) mass is 513 g/mol. The number of nitrogens with zero attached hydrogens (tertiary/aromatic N) is 3. The first-order valence-corrected chi connectivity index (χ1v) is 12.8. The van der Waals surface area contributed by atoms with Gasteiger partial charge in [0, 0.05) is 23.3 Å². The lowest BCUT2D eigenvalue weighted by molar-refractivity contribution is -0.694. The maximum absolute atomic E-state index is 11.5. The number of phosphoric acid groups is 2. The Kier molecular flexibility index (Phi) is 9.28. The molecule has 0 aliphatic carbocycles. The molecule has 2 atom stereocenters. The number of thiazole rings is 1. The van der Waals surface area contributed by atoms with Crippen molar-refractivity contribution in [3.8, 4) is 0 Å². The van der Waals surface area contributed by atoms with Crippen molar-refractivity contribution in [1.29, 1.82) is 0 Å². The lowest BCUT2D eigenvalue weighted by Crippen LogP contribution is -2.37. The lowest BCUT2D eigenvalue weighted by Gasteiger charge is -2.20. The molecule has 178 valence electrons. The third kappa shape index (κ3) is 8.81. The van der Waals surface area contributed by atoms with Crippen molar-refractivity contribution < 1.29 is 52.9 Å². The van der Waals surface area contributed by atoms with Crippen LogP contribution >= 0.6 is 27.7 Å². The van der Waals surface area contributed by atoms with Gasteiger partial charge in [0.05, 0.1) is 10.4 Å². The number of aliphatic hydroxyl groups is 1. The first-order chi connectivity index (χ1) is 14.8. The van der Waals surface area contributed by atoms with Crippen LogP contribution in [0.1, 0.15) is 40.2 Å². The lowest BCUT2D eigenvalue weighted by atomic mass is 10.2. The highest BCUT2D eigenvalue weighted by atomic mass is 32.1. The maximum Gasteiger partial charge on any atom is 0.434 e. The summed E-state index contributed by atoms with van der Waals surface area (Å²) in [7, 11) is -10.2. The number of aliphatic carboxylic acids is 1. The molecule has 0 aliphatic heterocycles. The van der Waals surface area contributed by atoms with Crippen LogP contribution in [0.5, 0.6) is 0 Å². The Hall–Kier alpha value is -1.48.